The van der Waals surface area contributed by atoms with Crippen LogP contribution in [-0.2, 0) is 10.0 Å². The molecule has 0 atom stereocenters. The summed E-state index contributed by atoms with van der Waals surface area (Å²) in [4.78, 5) is 3.95. The van der Waals surface area contributed by atoms with Crippen LogP contribution in [0.5, 0.6) is 0 Å². The van der Waals surface area contributed by atoms with E-state index in [0.29, 0.717) is 17.3 Å². The predicted octanol–water partition coefficient (Wildman–Crippen LogP) is 2.21. The van der Waals surface area contributed by atoms with Gasteiger partial charge in [-0.05, 0) is 34.8 Å². The second-order valence-corrected chi connectivity index (χ2v) is 7.98. The topological polar surface area (TPSA) is 79.3 Å². The van der Waals surface area contributed by atoms with Crippen LogP contribution >= 0.6 is 15.9 Å². The monoisotopic (exact) mass is 362 g/mol. The molecule has 0 aromatic carbocycles. The van der Waals surface area contributed by atoms with Crippen LogP contribution in [-0.4, -0.2) is 30.7 Å². The molecule has 0 aliphatic heterocycles. The molecule has 1 aromatic rings. The number of hydrogen-bond donors (Lipinski definition) is 2. The number of sulfonamides is 1. The van der Waals surface area contributed by atoms with Crippen molar-refractivity contribution in [2.24, 2.45) is 0 Å². The van der Waals surface area contributed by atoms with Crippen molar-refractivity contribution in [1.29, 1.82) is 0 Å². The molecular weight excluding hydrogens is 344 g/mol. The number of halogens is 1. The zero-order chi connectivity index (χ0) is 14.6. The van der Waals surface area contributed by atoms with E-state index < -0.39 is 15.6 Å². The second-order valence-electron chi connectivity index (χ2n) is 5.30. The van der Waals surface area contributed by atoms with Gasteiger partial charge in [-0.2, -0.15) is 0 Å². The van der Waals surface area contributed by atoms with Gasteiger partial charge in [0.15, 0.2) is 0 Å². The Morgan fingerprint density at radius 2 is 1.90 bits per heavy atom. The third-order valence-corrected chi connectivity index (χ3v) is 5.42. The fraction of sp³-hybridized carbons (Fsp3) is 0.615. The molecule has 0 unspecified atom stereocenters. The van der Waals surface area contributed by atoms with Gasteiger partial charge in [-0.1, -0.05) is 25.7 Å². The molecule has 1 aromatic heterocycles. The third kappa shape index (κ3) is 4.25. The highest BCUT2D eigenvalue weighted by molar-refractivity contribution is 9.10. The molecule has 5 nitrogen and oxygen atoms in total. The fourth-order valence-electron chi connectivity index (χ4n) is 2.42. The Morgan fingerprint density at radius 3 is 2.50 bits per heavy atom. The molecule has 1 saturated carbocycles. The van der Waals surface area contributed by atoms with Crippen molar-refractivity contribution in [3.8, 4) is 0 Å². The van der Waals surface area contributed by atoms with Gasteiger partial charge in [0.05, 0.1) is 5.60 Å². The number of rotatable bonds is 4. The first kappa shape index (κ1) is 15.9. The van der Waals surface area contributed by atoms with E-state index in [-0.39, 0.29) is 11.4 Å². The van der Waals surface area contributed by atoms with Crippen molar-refractivity contribution in [1.82, 2.24) is 9.71 Å². The van der Waals surface area contributed by atoms with Crippen LogP contribution in [0.15, 0.2) is 27.8 Å². The van der Waals surface area contributed by atoms with Gasteiger partial charge in [0.1, 0.15) is 4.90 Å². The molecule has 0 spiro atoms. The number of nitrogens with zero attached hydrogens (tertiary/aromatic N) is 1. The number of hydrogen-bond acceptors (Lipinski definition) is 4. The summed E-state index contributed by atoms with van der Waals surface area (Å²) in [6.07, 6.45) is 8.20. The highest BCUT2D eigenvalue weighted by atomic mass is 79.9. The molecule has 2 rings (SSSR count). The first-order chi connectivity index (χ1) is 9.41. The summed E-state index contributed by atoms with van der Waals surface area (Å²) in [5.74, 6) is 0. The van der Waals surface area contributed by atoms with Crippen molar-refractivity contribution in [3.05, 3.63) is 22.9 Å². The normalized spacial score (nSPS) is 19.5. The standard InChI is InChI=1S/C13H19BrN2O3S/c14-11-7-12(9-15-8-11)20(18,19)16-10-13(17)5-3-1-2-4-6-13/h7-9,16-17H,1-6,10H2. The molecule has 1 fully saturated rings. The van der Waals surface area contributed by atoms with Crippen molar-refractivity contribution < 1.29 is 13.5 Å². The number of aromatic nitrogens is 1. The maximum absolute atomic E-state index is 12.2. The Labute approximate surface area is 128 Å². The van der Waals surface area contributed by atoms with Gasteiger partial charge < -0.3 is 5.11 Å². The first-order valence-electron chi connectivity index (χ1n) is 6.74. The largest absolute Gasteiger partial charge is 0.389 e. The van der Waals surface area contributed by atoms with Crippen LogP contribution in [0.3, 0.4) is 0 Å². The van der Waals surface area contributed by atoms with Crippen LogP contribution in [0.25, 0.3) is 0 Å². The van der Waals surface area contributed by atoms with Gasteiger partial charge >= 0.3 is 0 Å². The van der Waals surface area contributed by atoms with E-state index in [2.05, 4.69) is 25.6 Å². The summed E-state index contributed by atoms with van der Waals surface area (Å²) < 4.78 is 27.5. The molecule has 1 aliphatic carbocycles. The predicted molar refractivity (Wildman–Crippen MR) is 79.8 cm³/mol. The SMILES string of the molecule is O=S(=O)(NCC1(O)CCCCCC1)c1cncc(Br)c1. The molecule has 1 heterocycles. The minimum Gasteiger partial charge on any atom is -0.389 e. The van der Waals surface area contributed by atoms with Gasteiger partial charge in [-0.3, -0.25) is 4.98 Å². The van der Waals surface area contributed by atoms with E-state index in [1.165, 1.54) is 18.5 Å². The quantitative estimate of drug-likeness (QED) is 0.804. The van der Waals surface area contributed by atoms with Gasteiger partial charge in [0.25, 0.3) is 0 Å². The highest BCUT2D eigenvalue weighted by Gasteiger charge is 2.30. The lowest BCUT2D eigenvalue weighted by molar-refractivity contribution is 0.0303. The molecule has 1 aliphatic rings. The van der Waals surface area contributed by atoms with Gasteiger partial charge in [0, 0.05) is 23.4 Å². The van der Waals surface area contributed by atoms with Gasteiger partial charge in [0.2, 0.25) is 10.0 Å². The molecule has 0 bridgehead atoms. The van der Waals surface area contributed by atoms with Crippen molar-refractivity contribution in [3.63, 3.8) is 0 Å². The van der Waals surface area contributed by atoms with E-state index >= 15 is 0 Å². The molecule has 0 radical (unpaired) electrons. The molecule has 2 N–H and O–H groups in total. The maximum Gasteiger partial charge on any atom is 0.242 e. The minimum absolute atomic E-state index is 0.0574. The number of nitrogens with one attached hydrogen (secondary N) is 1. The average molecular weight is 363 g/mol. The zero-order valence-corrected chi connectivity index (χ0v) is 13.6. The van der Waals surface area contributed by atoms with Crippen LogP contribution in [0.2, 0.25) is 0 Å². The molecule has 7 heteroatoms. The van der Waals surface area contributed by atoms with Crippen molar-refractivity contribution in [2.45, 2.75) is 49.0 Å². The molecule has 112 valence electrons. The van der Waals surface area contributed by atoms with Crippen LogP contribution < -0.4 is 4.72 Å². The zero-order valence-electron chi connectivity index (χ0n) is 11.2. The summed E-state index contributed by atoms with van der Waals surface area (Å²) in [5.41, 5.74) is -0.928. The van der Waals surface area contributed by atoms with E-state index in [0.717, 1.165) is 25.7 Å². The van der Waals surface area contributed by atoms with Gasteiger partial charge in [-0.15, -0.1) is 0 Å². The first-order valence-corrected chi connectivity index (χ1v) is 9.02. The Balaban J connectivity index is 2.05. The fourth-order valence-corrected chi connectivity index (χ4v) is 4.04. The van der Waals surface area contributed by atoms with E-state index in [1.54, 1.807) is 0 Å². The Morgan fingerprint density at radius 1 is 1.25 bits per heavy atom. The lowest BCUT2D eigenvalue weighted by atomic mass is 9.95. The van der Waals surface area contributed by atoms with E-state index in [4.69, 9.17) is 0 Å². The maximum atomic E-state index is 12.2. The second kappa shape index (κ2) is 6.51. The molecule has 0 saturated heterocycles. The Hall–Kier alpha value is -0.500. The molecule has 0 amide bonds. The van der Waals surface area contributed by atoms with Crippen molar-refractivity contribution in [2.75, 3.05) is 6.54 Å². The summed E-state index contributed by atoms with van der Waals surface area (Å²) >= 11 is 3.20. The minimum atomic E-state index is -3.63. The van der Waals surface area contributed by atoms with Crippen LogP contribution in [0.1, 0.15) is 38.5 Å². The molecular formula is C13H19BrN2O3S. The lowest BCUT2D eigenvalue weighted by Crippen LogP contribution is -2.42. The summed E-state index contributed by atoms with van der Waals surface area (Å²) in [6, 6.07) is 1.49. The lowest BCUT2D eigenvalue weighted by Gasteiger charge is -2.26. The Kier molecular flexibility index (Phi) is 5.17. The third-order valence-electron chi connectivity index (χ3n) is 3.62. The van der Waals surface area contributed by atoms with Crippen molar-refractivity contribution >= 4 is 26.0 Å². The number of pyridine rings is 1. The van der Waals surface area contributed by atoms with Gasteiger partial charge in [-0.25, -0.2) is 13.1 Å². The summed E-state index contributed by atoms with van der Waals surface area (Å²) in [6.45, 7) is 0.0574. The Bertz CT molecular complexity index is 554. The smallest absolute Gasteiger partial charge is 0.242 e. The van der Waals surface area contributed by atoms with E-state index in [9.17, 15) is 13.5 Å². The summed E-state index contributed by atoms with van der Waals surface area (Å²) in [5, 5.41) is 10.5. The van der Waals surface area contributed by atoms with Crippen LogP contribution in [0.4, 0.5) is 0 Å². The number of aliphatic hydroxyl groups is 1. The summed E-state index contributed by atoms with van der Waals surface area (Å²) in [7, 11) is -3.63. The highest BCUT2D eigenvalue weighted by Crippen LogP contribution is 2.26. The molecule has 20 heavy (non-hydrogen) atoms. The average Bonchev–Trinajstić information content (AvgIpc) is 2.62. The van der Waals surface area contributed by atoms with Crippen LogP contribution in [0, 0.1) is 0 Å². The van der Waals surface area contributed by atoms with E-state index in [1.807, 2.05) is 0 Å².